The van der Waals surface area contributed by atoms with Gasteiger partial charge in [-0.15, -0.1) is 0 Å². The number of aliphatic carboxylic acids is 1. The van der Waals surface area contributed by atoms with Crippen LogP contribution in [0.25, 0.3) is 0 Å². The number of unbranched alkanes of at least 4 members (excludes halogenated alkanes) is 4. The average Bonchev–Trinajstić information content (AvgIpc) is 3.48. The molecule has 9 atom stereocenters. The number of nitrogens with one attached hydrogen (secondary N) is 1. The Kier molecular flexibility index (Phi) is 17.3. The lowest BCUT2D eigenvalue weighted by molar-refractivity contribution is -0.162. The van der Waals surface area contributed by atoms with E-state index < -0.39 is 5.97 Å². The second-order valence-electron chi connectivity index (χ2n) is 17.4. The summed E-state index contributed by atoms with van der Waals surface area (Å²) in [4.78, 5) is 35.9. The number of carboxylic acids is 1. The molecular formula is C46H73NO5. The molecule has 6 nitrogen and oxygen atoms in total. The Morgan fingerprint density at radius 1 is 0.769 bits per heavy atom. The average molecular weight is 720 g/mol. The number of esters is 1. The zero-order valence-corrected chi connectivity index (χ0v) is 33.3. The third-order valence-corrected chi connectivity index (χ3v) is 14.2. The van der Waals surface area contributed by atoms with Crippen LogP contribution in [-0.2, 0) is 19.1 Å². The molecule has 4 fully saturated rings. The largest absolute Gasteiger partial charge is 0.480 e. The number of hydrogen-bond acceptors (Lipinski definition) is 4. The zero-order chi connectivity index (χ0) is 37.4. The number of hydrogen-bond donors (Lipinski definition) is 2. The van der Waals surface area contributed by atoms with Gasteiger partial charge in [-0.2, -0.15) is 0 Å². The number of rotatable bonds is 21. The van der Waals surface area contributed by atoms with Crippen molar-refractivity contribution in [1.82, 2.24) is 5.32 Å². The van der Waals surface area contributed by atoms with Crippen LogP contribution in [0.15, 0.2) is 48.6 Å². The molecule has 52 heavy (non-hydrogen) atoms. The van der Waals surface area contributed by atoms with Gasteiger partial charge in [0.25, 0.3) is 0 Å². The van der Waals surface area contributed by atoms with Gasteiger partial charge in [-0.25, -0.2) is 0 Å². The van der Waals surface area contributed by atoms with Crippen LogP contribution in [0.3, 0.4) is 0 Å². The van der Waals surface area contributed by atoms with Gasteiger partial charge in [0.1, 0.15) is 12.6 Å². The predicted octanol–water partition coefficient (Wildman–Crippen LogP) is 11.3. The molecule has 4 rings (SSSR count). The first-order valence-electron chi connectivity index (χ1n) is 21.4. The fourth-order valence-electron chi connectivity index (χ4n) is 11.4. The molecule has 0 heterocycles. The van der Waals surface area contributed by atoms with Gasteiger partial charge < -0.3 is 15.2 Å². The minimum absolute atomic E-state index is 0.0140. The molecule has 4 saturated carbocycles. The molecule has 9 unspecified atom stereocenters. The van der Waals surface area contributed by atoms with Crippen LogP contribution < -0.4 is 5.32 Å². The van der Waals surface area contributed by atoms with E-state index in [9.17, 15) is 14.4 Å². The number of carboxylic acid groups (broad SMARTS) is 1. The molecule has 2 N–H and O–H groups in total. The van der Waals surface area contributed by atoms with Gasteiger partial charge >= 0.3 is 11.9 Å². The molecule has 4 aliphatic rings. The fourth-order valence-corrected chi connectivity index (χ4v) is 11.4. The van der Waals surface area contributed by atoms with Crippen molar-refractivity contribution < 1.29 is 24.2 Å². The highest BCUT2D eigenvalue weighted by atomic mass is 16.5. The summed E-state index contributed by atoms with van der Waals surface area (Å²) in [5.74, 6) is 2.96. The molecule has 6 heteroatoms. The highest BCUT2D eigenvalue weighted by Gasteiger charge is 2.60. The summed E-state index contributed by atoms with van der Waals surface area (Å²) in [7, 11) is 0. The highest BCUT2D eigenvalue weighted by molar-refractivity contribution is 5.81. The van der Waals surface area contributed by atoms with Gasteiger partial charge in [-0.3, -0.25) is 14.4 Å². The van der Waals surface area contributed by atoms with E-state index in [1.165, 1.54) is 57.8 Å². The number of allylic oxidation sites excluding steroid dienone is 8. The lowest BCUT2D eigenvalue weighted by atomic mass is 9.44. The standard InChI is InChI=1S/C46H73NO5/c1-5-6-7-8-9-10-11-12-13-14-15-16-17-18-19-20-21-22-44(51)52-37-29-31-45(3)36(33-37)24-25-38-40-27-26-39(46(40,4)32-30-41(38)45)35(2)23-28-42(48)47-34-43(49)50/h6-7,9-10,12-13,15-16,35-41H,5,8,11,14,17-34H2,1-4H3,(H,47,48)(H,49,50)/b7-6-,10-9-,13-12-,16-15-. The molecule has 0 bridgehead atoms. The summed E-state index contributed by atoms with van der Waals surface area (Å²) < 4.78 is 6.12. The summed E-state index contributed by atoms with van der Waals surface area (Å²) >= 11 is 0. The van der Waals surface area contributed by atoms with Gasteiger partial charge in [0, 0.05) is 12.8 Å². The molecular weight excluding hydrogens is 647 g/mol. The first-order chi connectivity index (χ1) is 25.1. The van der Waals surface area contributed by atoms with Crippen molar-refractivity contribution in [2.75, 3.05) is 6.54 Å². The molecule has 1 amide bonds. The van der Waals surface area contributed by atoms with E-state index in [0.29, 0.717) is 41.4 Å². The van der Waals surface area contributed by atoms with E-state index in [2.05, 4.69) is 81.6 Å². The topological polar surface area (TPSA) is 92.7 Å². The normalized spacial score (nSPS) is 32.2. The molecule has 0 saturated heterocycles. The van der Waals surface area contributed by atoms with Crippen LogP contribution in [-0.4, -0.2) is 35.6 Å². The Bertz CT molecular complexity index is 1250. The van der Waals surface area contributed by atoms with Crippen molar-refractivity contribution in [3.63, 3.8) is 0 Å². The van der Waals surface area contributed by atoms with Crippen LogP contribution in [0.4, 0.5) is 0 Å². The summed E-state index contributed by atoms with van der Waals surface area (Å²) in [6, 6.07) is 0. The summed E-state index contributed by atoms with van der Waals surface area (Å²) in [6.07, 6.45) is 40.4. The first kappa shape index (κ1) is 42.1. The van der Waals surface area contributed by atoms with E-state index >= 15 is 0 Å². The van der Waals surface area contributed by atoms with Crippen molar-refractivity contribution in [2.24, 2.45) is 46.3 Å². The summed E-state index contributed by atoms with van der Waals surface area (Å²) in [5, 5.41) is 11.4. The van der Waals surface area contributed by atoms with Gasteiger partial charge in [0.15, 0.2) is 0 Å². The van der Waals surface area contributed by atoms with E-state index in [4.69, 9.17) is 9.84 Å². The van der Waals surface area contributed by atoms with E-state index in [1.54, 1.807) is 0 Å². The Labute approximate surface area is 316 Å². The monoisotopic (exact) mass is 720 g/mol. The third-order valence-electron chi connectivity index (χ3n) is 14.2. The van der Waals surface area contributed by atoms with E-state index in [-0.39, 0.29) is 24.5 Å². The SMILES string of the molecule is CC/C=C\C/C=C\C/C=C\C/C=C\CCCCCCC(=O)OC1CCC2(C)C(CCC3C2CCC2(C)C(C(C)CCC(=O)NCC(=O)O)CCC32)C1. The second-order valence-corrected chi connectivity index (χ2v) is 17.4. The van der Waals surface area contributed by atoms with Crippen molar-refractivity contribution in [2.45, 2.75) is 169 Å². The van der Waals surface area contributed by atoms with Gasteiger partial charge in [-0.05, 0) is 155 Å². The van der Waals surface area contributed by atoms with Crippen molar-refractivity contribution in [3.8, 4) is 0 Å². The molecule has 0 aliphatic heterocycles. The minimum Gasteiger partial charge on any atom is -0.480 e. The van der Waals surface area contributed by atoms with Crippen LogP contribution in [0.5, 0.6) is 0 Å². The summed E-state index contributed by atoms with van der Waals surface area (Å²) in [5.41, 5.74) is 0.693. The van der Waals surface area contributed by atoms with E-state index in [0.717, 1.165) is 82.0 Å². The molecule has 0 aromatic rings. The van der Waals surface area contributed by atoms with Crippen LogP contribution in [0, 0.1) is 46.3 Å². The second kappa shape index (κ2) is 21.3. The number of ether oxygens (including phenoxy) is 1. The summed E-state index contributed by atoms with van der Waals surface area (Å²) in [6.45, 7) is 9.33. The Hall–Kier alpha value is -2.63. The minimum atomic E-state index is -0.992. The maximum atomic E-state index is 12.8. The molecule has 0 spiro atoms. The van der Waals surface area contributed by atoms with Crippen molar-refractivity contribution in [1.29, 1.82) is 0 Å². The zero-order valence-electron chi connectivity index (χ0n) is 33.3. The maximum Gasteiger partial charge on any atom is 0.322 e. The lowest BCUT2D eigenvalue weighted by Gasteiger charge is -2.61. The molecule has 292 valence electrons. The fraction of sp³-hybridized carbons (Fsp3) is 0.761. The Balaban J connectivity index is 1.10. The molecule has 0 aromatic carbocycles. The molecule has 4 aliphatic carbocycles. The van der Waals surface area contributed by atoms with Crippen LogP contribution in [0.1, 0.15) is 163 Å². The van der Waals surface area contributed by atoms with Gasteiger partial charge in [-0.1, -0.05) is 89.1 Å². The smallest absolute Gasteiger partial charge is 0.322 e. The number of fused-ring (bicyclic) bond motifs is 5. The van der Waals surface area contributed by atoms with Crippen LogP contribution in [0.2, 0.25) is 0 Å². The lowest BCUT2D eigenvalue weighted by Crippen LogP contribution is -2.54. The highest BCUT2D eigenvalue weighted by Crippen LogP contribution is 2.68. The number of carbonyl (C=O) groups is 3. The van der Waals surface area contributed by atoms with Crippen molar-refractivity contribution in [3.05, 3.63) is 48.6 Å². The number of carbonyl (C=O) groups excluding carboxylic acids is 2. The van der Waals surface area contributed by atoms with E-state index in [1.807, 2.05) is 0 Å². The molecule has 0 aromatic heterocycles. The van der Waals surface area contributed by atoms with Crippen molar-refractivity contribution >= 4 is 17.8 Å². The van der Waals surface area contributed by atoms with Gasteiger partial charge in [0.05, 0.1) is 0 Å². The number of amides is 1. The first-order valence-corrected chi connectivity index (χ1v) is 21.4. The van der Waals surface area contributed by atoms with Gasteiger partial charge in [0.2, 0.25) is 5.91 Å². The van der Waals surface area contributed by atoms with Crippen LogP contribution >= 0.6 is 0 Å². The predicted molar refractivity (Wildman–Crippen MR) is 213 cm³/mol. The quantitative estimate of drug-likeness (QED) is 0.0700. The molecule has 0 radical (unpaired) electrons. The maximum absolute atomic E-state index is 12.8. The third kappa shape index (κ3) is 11.9. The Morgan fingerprint density at radius 3 is 2.13 bits per heavy atom. The Morgan fingerprint density at radius 2 is 1.42 bits per heavy atom.